The molecule has 3 rings (SSSR count). The molecule has 1 aromatic heterocycles. The van der Waals surface area contributed by atoms with E-state index in [1.165, 1.54) is 12.3 Å². The number of nitrogen functional groups attached to an aromatic ring is 1. The molecular formula is C11H14ClN3O2S. The molecular weight excluding hydrogens is 274 g/mol. The summed E-state index contributed by atoms with van der Waals surface area (Å²) in [5.41, 5.74) is 5.49. The van der Waals surface area contributed by atoms with Crippen LogP contribution in [-0.4, -0.2) is 30.3 Å². The van der Waals surface area contributed by atoms with Crippen LogP contribution >= 0.6 is 11.6 Å². The van der Waals surface area contributed by atoms with Gasteiger partial charge in [-0.2, -0.15) is 4.31 Å². The highest BCUT2D eigenvalue weighted by atomic mass is 35.5. The Morgan fingerprint density at radius 3 is 2.78 bits per heavy atom. The average Bonchev–Trinajstić information content (AvgIpc) is 2.94. The van der Waals surface area contributed by atoms with Gasteiger partial charge < -0.3 is 5.73 Å². The van der Waals surface area contributed by atoms with Gasteiger partial charge in [-0.1, -0.05) is 11.6 Å². The molecule has 2 N–H and O–H groups in total. The van der Waals surface area contributed by atoms with E-state index in [0.29, 0.717) is 12.5 Å². The van der Waals surface area contributed by atoms with Crippen LogP contribution in [0.15, 0.2) is 17.2 Å². The molecule has 1 aliphatic heterocycles. The Morgan fingerprint density at radius 2 is 2.22 bits per heavy atom. The van der Waals surface area contributed by atoms with Crippen LogP contribution in [0.25, 0.3) is 0 Å². The Morgan fingerprint density at radius 1 is 1.44 bits per heavy atom. The van der Waals surface area contributed by atoms with Crippen molar-refractivity contribution in [2.45, 2.75) is 30.2 Å². The maximum Gasteiger partial charge on any atom is 0.244 e. The predicted octanol–water partition coefficient (Wildman–Crippen LogP) is 1.49. The molecule has 1 saturated heterocycles. The zero-order chi connectivity index (χ0) is 12.9. The van der Waals surface area contributed by atoms with Gasteiger partial charge in [0.15, 0.2) is 0 Å². The second kappa shape index (κ2) is 4.08. The molecule has 5 nitrogen and oxygen atoms in total. The van der Waals surface area contributed by atoms with Gasteiger partial charge in [-0.3, -0.25) is 0 Å². The first-order valence-corrected chi connectivity index (χ1v) is 7.73. The fourth-order valence-corrected chi connectivity index (χ4v) is 4.83. The van der Waals surface area contributed by atoms with E-state index in [-0.39, 0.29) is 21.8 Å². The highest BCUT2D eigenvalue weighted by molar-refractivity contribution is 7.89. The molecule has 98 valence electrons. The zero-order valence-electron chi connectivity index (χ0n) is 9.71. The molecule has 18 heavy (non-hydrogen) atoms. The number of fused-ring (bicyclic) bond motifs is 2. The van der Waals surface area contributed by atoms with Crippen LogP contribution < -0.4 is 5.73 Å². The van der Waals surface area contributed by atoms with Crippen molar-refractivity contribution >= 4 is 27.4 Å². The number of pyridine rings is 1. The van der Waals surface area contributed by atoms with Crippen molar-refractivity contribution in [1.82, 2.24) is 9.29 Å². The second-order valence-corrected chi connectivity index (χ2v) is 7.24. The fourth-order valence-electron chi connectivity index (χ4n) is 2.88. The summed E-state index contributed by atoms with van der Waals surface area (Å²) in [7, 11) is -3.48. The SMILES string of the molecule is Nc1ncc(S(=O)(=O)N2CC3CCC2C3)cc1Cl. The normalized spacial score (nSPS) is 27.8. The van der Waals surface area contributed by atoms with E-state index >= 15 is 0 Å². The summed E-state index contributed by atoms with van der Waals surface area (Å²) < 4.78 is 26.5. The van der Waals surface area contributed by atoms with E-state index in [1.54, 1.807) is 4.31 Å². The van der Waals surface area contributed by atoms with Crippen LogP contribution in [0.4, 0.5) is 5.82 Å². The summed E-state index contributed by atoms with van der Waals surface area (Å²) in [5.74, 6) is 0.667. The number of nitrogens with two attached hydrogens (primary N) is 1. The quantitative estimate of drug-likeness (QED) is 0.894. The monoisotopic (exact) mass is 287 g/mol. The smallest absolute Gasteiger partial charge is 0.244 e. The van der Waals surface area contributed by atoms with Crippen molar-refractivity contribution in [3.63, 3.8) is 0 Å². The molecule has 2 bridgehead atoms. The summed E-state index contributed by atoms with van der Waals surface area (Å²) in [6, 6.07) is 1.53. The first-order chi connectivity index (χ1) is 8.48. The highest BCUT2D eigenvalue weighted by Gasteiger charge is 2.44. The van der Waals surface area contributed by atoms with Crippen molar-refractivity contribution in [2.24, 2.45) is 5.92 Å². The Labute approximate surface area is 111 Å². The molecule has 1 saturated carbocycles. The Balaban J connectivity index is 1.97. The first kappa shape index (κ1) is 12.2. The van der Waals surface area contributed by atoms with Gasteiger partial charge in [0.1, 0.15) is 10.7 Å². The third-order valence-electron chi connectivity index (χ3n) is 3.81. The molecule has 0 spiro atoms. The van der Waals surface area contributed by atoms with Crippen molar-refractivity contribution in [2.75, 3.05) is 12.3 Å². The van der Waals surface area contributed by atoms with Gasteiger partial charge in [0, 0.05) is 18.8 Å². The Kier molecular flexibility index (Phi) is 2.76. The van der Waals surface area contributed by atoms with E-state index in [0.717, 1.165) is 19.3 Å². The van der Waals surface area contributed by atoms with E-state index in [1.807, 2.05) is 0 Å². The molecule has 2 heterocycles. The Bertz CT molecular complexity index is 590. The number of nitrogens with zero attached hydrogens (tertiary/aromatic N) is 2. The van der Waals surface area contributed by atoms with E-state index in [2.05, 4.69) is 4.98 Å². The summed E-state index contributed by atoms with van der Waals surface area (Å²) >= 11 is 5.84. The van der Waals surface area contributed by atoms with E-state index < -0.39 is 10.0 Å². The van der Waals surface area contributed by atoms with Crippen LogP contribution in [-0.2, 0) is 10.0 Å². The summed E-state index contributed by atoms with van der Waals surface area (Å²) in [5, 5.41) is 0.181. The number of halogens is 1. The predicted molar refractivity (Wildman–Crippen MR) is 68.7 cm³/mol. The maximum atomic E-state index is 12.5. The van der Waals surface area contributed by atoms with Gasteiger partial charge in [-0.15, -0.1) is 0 Å². The number of anilines is 1. The van der Waals surface area contributed by atoms with E-state index in [9.17, 15) is 8.42 Å². The lowest BCUT2D eigenvalue weighted by Gasteiger charge is -2.26. The fraction of sp³-hybridized carbons (Fsp3) is 0.545. The van der Waals surface area contributed by atoms with Crippen molar-refractivity contribution in [3.8, 4) is 0 Å². The molecule has 2 fully saturated rings. The molecule has 2 unspecified atom stereocenters. The summed E-state index contributed by atoms with van der Waals surface area (Å²) in [4.78, 5) is 3.95. The van der Waals surface area contributed by atoms with Crippen LogP contribution in [0.2, 0.25) is 5.02 Å². The third-order valence-corrected chi connectivity index (χ3v) is 6.00. The number of piperidine rings is 1. The third kappa shape index (κ3) is 1.79. The number of rotatable bonds is 2. The largest absolute Gasteiger partial charge is 0.382 e. The van der Waals surface area contributed by atoms with Crippen molar-refractivity contribution in [1.29, 1.82) is 0 Å². The molecule has 1 aromatic rings. The van der Waals surface area contributed by atoms with Crippen molar-refractivity contribution in [3.05, 3.63) is 17.3 Å². The van der Waals surface area contributed by atoms with Gasteiger partial charge in [-0.05, 0) is 31.2 Å². The number of hydrogen-bond acceptors (Lipinski definition) is 4. The van der Waals surface area contributed by atoms with Gasteiger partial charge in [-0.25, -0.2) is 13.4 Å². The minimum atomic E-state index is -3.48. The lowest BCUT2D eigenvalue weighted by atomic mass is 10.1. The second-order valence-electron chi connectivity index (χ2n) is 4.95. The average molecular weight is 288 g/mol. The molecule has 1 aliphatic carbocycles. The summed E-state index contributed by atoms with van der Waals surface area (Å²) in [6.45, 7) is 0.620. The number of sulfonamides is 1. The van der Waals surface area contributed by atoms with Gasteiger partial charge in [0.25, 0.3) is 0 Å². The Hall–Kier alpha value is -0.850. The number of hydrogen-bond donors (Lipinski definition) is 1. The van der Waals surface area contributed by atoms with E-state index in [4.69, 9.17) is 17.3 Å². The zero-order valence-corrected chi connectivity index (χ0v) is 11.3. The van der Waals surface area contributed by atoms with Gasteiger partial charge >= 0.3 is 0 Å². The molecule has 7 heteroatoms. The molecule has 0 radical (unpaired) electrons. The van der Waals surface area contributed by atoms with Gasteiger partial charge in [0.2, 0.25) is 10.0 Å². The lowest BCUT2D eigenvalue weighted by molar-refractivity contribution is 0.333. The van der Waals surface area contributed by atoms with Crippen LogP contribution in [0.5, 0.6) is 0 Å². The van der Waals surface area contributed by atoms with Crippen LogP contribution in [0, 0.1) is 5.92 Å². The summed E-state index contributed by atoms with van der Waals surface area (Å²) in [6.07, 6.45) is 4.36. The topological polar surface area (TPSA) is 76.3 Å². The van der Waals surface area contributed by atoms with Crippen LogP contribution in [0.3, 0.4) is 0 Å². The molecule has 0 aromatic carbocycles. The van der Waals surface area contributed by atoms with Crippen molar-refractivity contribution < 1.29 is 8.42 Å². The molecule has 2 atom stereocenters. The minimum Gasteiger partial charge on any atom is -0.382 e. The first-order valence-electron chi connectivity index (χ1n) is 5.91. The lowest BCUT2D eigenvalue weighted by Crippen LogP contribution is -2.37. The minimum absolute atomic E-state index is 0.134. The van der Waals surface area contributed by atoms with Gasteiger partial charge in [0.05, 0.1) is 5.02 Å². The standard InChI is InChI=1S/C11H14ClN3O2S/c12-10-4-9(5-14-11(10)13)18(16,17)15-6-7-1-2-8(15)3-7/h4-5,7-8H,1-3,6H2,(H2,13,14). The highest BCUT2D eigenvalue weighted by Crippen LogP contribution is 2.40. The molecule has 2 aliphatic rings. The number of aromatic nitrogens is 1. The molecule has 0 amide bonds. The maximum absolute atomic E-state index is 12.5. The van der Waals surface area contributed by atoms with Crippen LogP contribution in [0.1, 0.15) is 19.3 Å².